The molecule has 7 atom stereocenters. The van der Waals surface area contributed by atoms with Gasteiger partial charge in [-0.25, -0.2) is 0 Å². The van der Waals surface area contributed by atoms with Crippen LogP contribution < -0.4 is 0 Å². The van der Waals surface area contributed by atoms with Crippen molar-refractivity contribution in [2.45, 2.75) is 71.3 Å². The number of carbonyl (C=O) groups is 1. The lowest BCUT2D eigenvalue weighted by Crippen LogP contribution is -2.51. The molecule has 4 aliphatic carbocycles. The highest BCUT2D eigenvalue weighted by Crippen LogP contribution is 2.66. The highest BCUT2D eigenvalue weighted by atomic mass is 16.5. The molecule has 3 heteroatoms. The number of fused-ring (bicyclic) bond motifs is 5. The number of rotatable bonds is 1. The molecule has 3 saturated carbocycles. The molecule has 4 aliphatic rings. The van der Waals surface area contributed by atoms with Crippen LogP contribution in [0, 0.1) is 34.5 Å². The molecule has 0 aliphatic heterocycles. The van der Waals surface area contributed by atoms with Gasteiger partial charge >= 0.3 is 5.97 Å². The number of esters is 1. The van der Waals surface area contributed by atoms with Crippen molar-refractivity contribution in [2.24, 2.45) is 34.5 Å². The number of aliphatic hydroxyl groups is 1. The summed E-state index contributed by atoms with van der Waals surface area (Å²) >= 11 is 0. The number of aliphatic hydroxyl groups excluding tert-OH is 1. The van der Waals surface area contributed by atoms with Crippen LogP contribution in [0.5, 0.6) is 0 Å². The third-order valence-electron chi connectivity index (χ3n) is 8.56. The Morgan fingerprint density at radius 1 is 1.17 bits per heavy atom. The topological polar surface area (TPSA) is 46.5 Å². The predicted octanol–water partition coefficient (Wildman–Crippen LogP) is 4.10. The largest absolute Gasteiger partial charge is 0.469 e. The zero-order valence-corrected chi connectivity index (χ0v) is 15.4. The van der Waals surface area contributed by atoms with Crippen LogP contribution in [0.15, 0.2) is 11.6 Å². The number of allylic oxidation sites excluding steroid dienone is 1. The van der Waals surface area contributed by atoms with E-state index in [9.17, 15) is 9.90 Å². The number of methoxy groups -OCH3 is 1. The van der Waals surface area contributed by atoms with Crippen molar-refractivity contribution in [2.75, 3.05) is 7.11 Å². The minimum Gasteiger partial charge on any atom is -0.469 e. The molecule has 24 heavy (non-hydrogen) atoms. The highest BCUT2D eigenvalue weighted by molar-refractivity contribution is 5.73. The molecule has 0 heterocycles. The van der Waals surface area contributed by atoms with Crippen LogP contribution >= 0.6 is 0 Å². The molecule has 3 fully saturated rings. The van der Waals surface area contributed by atoms with Gasteiger partial charge in [-0.05, 0) is 80.0 Å². The van der Waals surface area contributed by atoms with Gasteiger partial charge in [0.25, 0.3) is 0 Å². The molecule has 0 radical (unpaired) electrons. The van der Waals surface area contributed by atoms with E-state index in [2.05, 4.69) is 19.9 Å². The van der Waals surface area contributed by atoms with Crippen LogP contribution in [-0.2, 0) is 9.53 Å². The van der Waals surface area contributed by atoms with Crippen molar-refractivity contribution >= 4 is 5.97 Å². The van der Waals surface area contributed by atoms with Gasteiger partial charge in [0.2, 0.25) is 0 Å². The Labute approximate surface area is 145 Å². The first kappa shape index (κ1) is 16.6. The third kappa shape index (κ3) is 2.16. The maximum atomic E-state index is 12.3. The van der Waals surface area contributed by atoms with Crippen LogP contribution in [0.4, 0.5) is 0 Å². The summed E-state index contributed by atoms with van der Waals surface area (Å²) in [5.41, 5.74) is 1.94. The summed E-state index contributed by atoms with van der Waals surface area (Å²) in [5.74, 6) is 2.21. The molecule has 134 valence electrons. The molecular formula is C21H32O3. The minimum absolute atomic E-state index is 0.0116. The van der Waals surface area contributed by atoms with Crippen LogP contribution in [0.2, 0.25) is 0 Å². The van der Waals surface area contributed by atoms with Crippen LogP contribution in [0.1, 0.15) is 65.2 Å². The molecule has 0 amide bonds. The first-order chi connectivity index (χ1) is 11.4. The lowest BCUT2D eigenvalue weighted by atomic mass is 9.47. The van der Waals surface area contributed by atoms with Crippen LogP contribution in [0.25, 0.3) is 0 Å². The first-order valence-electron chi connectivity index (χ1n) is 9.85. The Hall–Kier alpha value is -0.830. The summed E-state index contributed by atoms with van der Waals surface area (Å²) in [7, 11) is 1.54. The maximum absolute atomic E-state index is 12.3. The zero-order chi connectivity index (χ0) is 17.1. The van der Waals surface area contributed by atoms with Gasteiger partial charge in [0.1, 0.15) is 0 Å². The van der Waals surface area contributed by atoms with E-state index in [1.807, 2.05) is 0 Å². The minimum atomic E-state index is -0.134. The Kier molecular flexibility index (Phi) is 3.87. The highest BCUT2D eigenvalue weighted by Gasteiger charge is 2.60. The molecule has 0 bridgehead atoms. The Balaban J connectivity index is 1.64. The molecule has 4 unspecified atom stereocenters. The average Bonchev–Trinajstić information content (AvgIpc) is 2.92. The average molecular weight is 332 g/mol. The lowest BCUT2D eigenvalue weighted by Gasteiger charge is -2.57. The number of ether oxygens (including phenoxy) is 1. The van der Waals surface area contributed by atoms with E-state index in [1.165, 1.54) is 25.5 Å². The third-order valence-corrected chi connectivity index (χ3v) is 8.56. The number of hydrogen-bond acceptors (Lipinski definition) is 3. The van der Waals surface area contributed by atoms with Gasteiger partial charge < -0.3 is 9.84 Å². The fourth-order valence-electron chi connectivity index (χ4n) is 7.17. The maximum Gasteiger partial charge on any atom is 0.309 e. The van der Waals surface area contributed by atoms with E-state index in [1.54, 1.807) is 0 Å². The van der Waals surface area contributed by atoms with E-state index in [-0.39, 0.29) is 28.8 Å². The second-order valence-corrected chi connectivity index (χ2v) is 9.35. The normalized spacial score (nSPS) is 50.3. The van der Waals surface area contributed by atoms with Crippen molar-refractivity contribution < 1.29 is 14.6 Å². The monoisotopic (exact) mass is 332 g/mol. The molecule has 0 saturated heterocycles. The number of carbonyl (C=O) groups excluding carboxylic acids is 1. The predicted molar refractivity (Wildman–Crippen MR) is 93.2 cm³/mol. The fraction of sp³-hybridized carbons (Fsp3) is 0.857. The van der Waals surface area contributed by atoms with E-state index < -0.39 is 0 Å². The Morgan fingerprint density at radius 2 is 1.96 bits per heavy atom. The molecular weight excluding hydrogens is 300 g/mol. The molecule has 1 N–H and O–H groups in total. The van der Waals surface area contributed by atoms with Crippen molar-refractivity contribution in [1.82, 2.24) is 0 Å². The molecule has 0 aromatic heterocycles. The summed E-state index contributed by atoms with van der Waals surface area (Å²) in [6.07, 6.45) is 11.0. The van der Waals surface area contributed by atoms with Gasteiger partial charge in [0.05, 0.1) is 19.1 Å². The summed E-state index contributed by atoms with van der Waals surface area (Å²) < 4.78 is 5.12. The fourth-order valence-corrected chi connectivity index (χ4v) is 7.17. The first-order valence-corrected chi connectivity index (χ1v) is 9.85. The molecule has 0 aromatic carbocycles. The zero-order valence-electron chi connectivity index (χ0n) is 15.4. The second-order valence-electron chi connectivity index (χ2n) is 9.35. The lowest BCUT2D eigenvalue weighted by molar-refractivity contribution is -0.152. The van der Waals surface area contributed by atoms with Crippen molar-refractivity contribution in [3.8, 4) is 0 Å². The summed E-state index contributed by atoms with van der Waals surface area (Å²) in [6, 6.07) is 0. The van der Waals surface area contributed by atoms with Crippen LogP contribution in [0.3, 0.4) is 0 Å². The van der Waals surface area contributed by atoms with Gasteiger partial charge in [-0.2, -0.15) is 0 Å². The van der Waals surface area contributed by atoms with E-state index in [0.29, 0.717) is 11.8 Å². The molecule has 0 spiro atoms. The van der Waals surface area contributed by atoms with Gasteiger partial charge in [-0.1, -0.05) is 25.5 Å². The van der Waals surface area contributed by atoms with Crippen molar-refractivity contribution in [3.63, 3.8) is 0 Å². The standard InChI is InChI=1S/C21H32O3/c1-20-10-8-14(22)12-13(20)4-5-15-16-6-7-18(19(23)24-3)21(16,2)11-9-17(15)20/h4,14-18,22H,5-12H2,1-3H3/t14?,15?,16?,17?,18-,20+,21+/m1/s1. The van der Waals surface area contributed by atoms with Gasteiger partial charge in [-0.3, -0.25) is 4.79 Å². The smallest absolute Gasteiger partial charge is 0.309 e. The van der Waals surface area contributed by atoms with E-state index in [0.717, 1.165) is 44.4 Å². The van der Waals surface area contributed by atoms with Crippen LogP contribution in [-0.4, -0.2) is 24.3 Å². The summed E-state index contributed by atoms with van der Waals surface area (Å²) in [6.45, 7) is 4.81. The molecule has 0 aromatic rings. The second kappa shape index (κ2) is 5.59. The van der Waals surface area contributed by atoms with Crippen molar-refractivity contribution in [1.29, 1.82) is 0 Å². The van der Waals surface area contributed by atoms with Gasteiger partial charge in [0, 0.05) is 0 Å². The van der Waals surface area contributed by atoms with Gasteiger partial charge in [0.15, 0.2) is 0 Å². The van der Waals surface area contributed by atoms with E-state index in [4.69, 9.17) is 4.74 Å². The quantitative estimate of drug-likeness (QED) is 0.581. The molecule has 4 rings (SSSR count). The summed E-state index contributed by atoms with van der Waals surface area (Å²) in [5, 5.41) is 10.1. The molecule has 3 nitrogen and oxygen atoms in total. The van der Waals surface area contributed by atoms with E-state index >= 15 is 0 Å². The summed E-state index contributed by atoms with van der Waals surface area (Å²) in [4.78, 5) is 12.3. The Bertz CT molecular complexity index is 567. The van der Waals surface area contributed by atoms with Gasteiger partial charge in [-0.15, -0.1) is 0 Å². The Morgan fingerprint density at radius 3 is 2.71 bits per heavy atom. The SMILES string of the molecule is COC(=O)[C@H]1CCC2C3CC=C4CC(O)CC[C@]4(C)C3CC[C@@]21C. The number of hydrogen-bond donors (Lipinski definition) is 1. The van der Waals surface area contributed by atoms with Crippen molar-refractivity contribution in [3.05, 3.63) is 11.6 Å².